The minimum absolute atomic E-state index is 0.0213. The molecule has 0 spiro atoms. The highest BCUT2D eigenvalue weighted by Crippen LogP contribution is 2.34. The summed E-state index contributed by atoms with van der Waals surface area (Å²) in [6, 6.07) is 16.1. The van der Waals surface area contributed by atoms with Gasteiger partial charge in [-0.25, -0.2) is 4.79 Å². The second-order valence-electron chi connectivity index (χ2n) is 5.33. The van der Waals surface area contributed by atoms with Gasteiger partial charge in [-0.1, -0.05) is 36.4 Å². The Hall–Kier alpha value is -2.84. The van der Waals surface area contributed by atoms with Crippen molar-refractivity contribution in [2.24, 2.45) is 5.73 Å². The fourth-order valence-corrected chi connectivity index (χ4v) is 5.32. The number of anilines is 1. The molecule has 0 bridgehead atoms. The van der Waals surface area contributed by atoms with E-state index in [2.05, 4.69) is 0 Å². The molecule has 126 valence electrons. The molecule has 0 fully saturated rings. The van der Waals surface area contributed by atoms with E-state index in [0.29, 0.717) is 15.3 Å². The van der Waals surface area contributed by atoms with Crippen LogP contribution in [0.5, 0.6) is 0 Å². The molecule has 0 aliphatic rings. The fourth-order valence-electron chi connectivity index (χ4n) is 2.59. The molecule has 8 heteroatoms. The van der Waals surface area contributed by atoms with Gasteiger partial charge in [0, 0.05) is 16.2 Å². The van der Waals surface area contributed by atoms with Gasteiger partial charge in [-0.2, -0.15) is 12.7 Å². The molecule has 0 unspecified atom stereocenters. The molecular weight excluding hydrogens is 360 g/mol. The molecule has 2 aromatic heterocycles. The molecule has 4 aromatic rings. The van der Waals surface area contributed by atoms with Crippen LogP contribution in [-0.2, 0) is 10.0 Å². The molecule has 0 atom stereocenters. The van der Waals surface area contributed by atoms with Crippen LogP contribution >= 0.6 is 11.3 Å². The number of hydrogen-bond acceptors (Lipinski definition) is 5. The zero-order chi connectivity index (χ0) is 17.6. The first kappa shape index (κ1) is 15.7. The van der Waals surface area contributed by atoms with Crippen LogP contribution in [0.4, 0.5) is 10.7 Å². The summed E-state index contributed by atoms with van der Waals surface area (Å²) in [4.78, 5) is 11.9. The van der Waals surface area contributed by atoms with Crippen LogP contribution in [0.25, 0.3) is 21.1 Å². The van der Waals surface area contributed by atoms with Crippen LogP contribution in [-0.4, -0.2) is 14.4 Å². The second-order valence-corrected chi connectivity index (χ2v) is 8.43. The van der Waals surface area contributed by atoms with Crippen molar-refractivity contribution in [2.75, 3.05) is 4.31 Å². The predicted molar refractivity (Wildman–Crippen MR) is 97.3 cm³/mol. The van der Waals surface area contributed by atoms with E-state index >= 15 is 0 Å². The number of carbonyl (C=O) groups excluding carboxylic acids is 1. The molecule has 2 heterocycles. The van der Waals surface area contributed by atoms with E-state index in [-0.39, 0.29) is 10.1 Å². The standard InChI is InChI=1S/C17H12N2O4S2/c18-17(20)19(15-9-11-5-1-3-7-13(11)23-15)25(21,22)16-10-12-6-2-4-8-14(12)24-16/h1-10H,(H2,18,20). The lowest BCUT2D eigenvalue weighted by Gasteiger charge is -2.16. The van der Waals surface area contributed by atoms with Gasteiger partial charge in [0.2, 0.25) is 5.88 Å². The van der Waals surface area contributed by atoms with E-state index in [1.165, 1.54) is 12.1 Å². The van der Waals surface area contributed by atoms with Gasteiger partial charge in [0.25, 0.3) is 10.0 Å². The van der Waals surface area contributed by atoms with Crippen molar-refractivity contribution >= 4 is 54.3 Å². The van der Waals surface area contributed by atoms with Gasteiger partial charge in [-0.15, -0.1) is 11.3 Å². The summed E-state index contributed by atoms with van der Waals surface area (Å²) in [6.45, 7) is 0. The number of thiophene rings is 1. The normalized spacial score (nSPS) is 11.8. The number of furan rings is 1. The monoisotopic (exact) mass is 372 g/mol. The zero-order valence-corrected chi connectivity index (χ0v) is 14.4. The van der Waals surface area contributed by atoms with Crippen molar-refractivity contribution in [2.45, 2.75) is 4.21 Å². The van der Waals surface area contributed by atoms with E-state index in [9.17, 15) is 13.2 Å². The summed E-state index contributed by atoms with van der Waals surface area (Å²) >= 11 is 1.07. The average Bonchev–Trinajstić information content (AvgIpc) is 3.18. The highest BCUT2D eigenvalue weighted by atomic mass is 32.2. The van der Waals surface area contributed by atoms with Crippen LogP contribution in [0.1, 0.15) is 0 Å². The first-order chi connectivity index (χ1) is 12.0. The summed E-state index contributed by atoms with van der Waals surface area (Å²) < 4.78 is 32.8. The third kappa shape index (κ3) is 2.55. The number of fused-ring (bicyclic) bond motifs is 2. The minimum Gasteiger partial charge on any atom is -0.439 e. The molecule has 2 amide bonds. The Morgan fingerprint density at radius 3 is 2.36 bits per heavy atom. The number of para-hydroxylation sites is 1. The van der Waals surface area contributed by atoms with Gasteiger partial charge in [0.15, 0.2) is 0 Å². The minimum atomic E-state index is -4.18. The average molecular weight is 372 g/mol. The smallest absolute Gasteiger partial charge is 0.336 e. The van der Waals surface area contributed by atoms with Crippen molar-refractivity contribution in [3.63, 3.8) is 0 Å². The molecule has 2 N–H and O–H groups in total. The Labute approximate surface area is 147 Å². The number of benzene rings is 2. The lowest BCUT2D eigenvalue weighted by atomic mass is 10.3. The number of hydrogen-bond donors (Lipinski definition) is 1. The number of nitrogens with two attached hydrogens (primary N) is 1. The summed E-state index contributed by atoms with van der Waals surface area (Å²) in [7, 11) is -4.18. The fraction of sp³-hybridized carbons (Fsp3) is 0. The molecule has 2 aromatic carbocycles. The van der Waals surface area contributed by atoms with Crippen molar-refractivity contribution in [3.8, 4) is 0 Å². The predicted octanol–water partition coefficient (Wildman–Crippen LogP) is 3.92. The number of nitrogens with zero attached hydrogens (tertiary/aromatic N) is 1. The second kappa shape index (κ2) is 5.61. The summed E-state index contributed by atoms with van der Waals surface area (Å²) in [5.41, 5.74) is 5.83. The topological polar surface area (TPSA) is 93.6 Å². The summed E-state index contributed by atoms with van der Waals surface area (Å²) in [6.07, 6.45) is 0. The number of amides is 2. The van der Waals surface area contributed by atoms with E-state index in [0.717, 1.165) is 21.4 Å². The van der Waals surface area contributed by atoms with Crippen molar-refractivity contribution < 1.29 is 17.6 Å². The van der Waals surface area contributed by atoms with Gasteiger partial charge in [-0.05, 0) is 23.6 Å². The van der Waals surface area contributed by atoms with Crippen molar-refractivity contribution in [1.29, 1.82) is 0 Å². The third-order valence-electron chi connectivity index (χ3n) is 3.71. The Kier molecular flexibility index (Phi) is 3.52. The van der Waals surface area contributed by atoms with Crippen molar-refractivity contribution in [3.05, 3.63) is 60.7 Å². The Morgan fingerprint density at radius 2 is 1.68 bits per heavy atom. The number of rotatable bonds is 3. The van der Waals surface area contributed by atoms with Gasteiger partial charge < -0.3 is 10.2 Å². The first-order valence-corrected chi connectivity index (χ1v) is 9.54. The molecule has 0 aliphatic heterocycles. The molecule has 0 aliphatic carbocycles. The van der Waals surface area contributed by atoms with Crippen LogP contribution in [0, 0.1) is 0 Å². The Balaban J connectivity index is 1.88. The molecule has 6 nitrogen and oxygen atoms in total. The number of primary amides is 1. The Morgan fingerprint density at radius 1 is 1.00 bits per heavy atom. The first-order valence-electron chi connectivity index (χ1n) is 7.29. The van der Waals surface area contributed by atoms with Crippen LogP contribution in [0.3, 0.4) is 0 Å². The van der Waals surface area contributed by atoms with Gasteiger partial charge in [-0.3, -0.25) is 0 Å². The SMILES string of the molecule is NC(=O)N(c1cc2ccccc2o1)S(=O)(=O)c1cc2ccccc2s1. The van der Waals surface area contributed by atoms with Gasteiger partial charge in [0.05, 0.1) is 0 Å². The maximum Gasteiger partial charge on any atom is 0.336 e. The van der Waals surface area contributed by atoms with Crippen LogP contribution in [0.15, 0.2) is 69.3 Å². The lowest BCUT2D eigenvalue weighted by Crippen LogP contribution is -2.40. The van der Waals surface area contributed by atoms with Crippen LogP contribution < -0.4 is 10.0 Å². The Bertz CT molecular complexity index is 1140. The zero-order valence-electron chi connectivity index (χ0n) is 12.7. The molecule has 0 radical (unpaired) electrons. The van der Waals surface area contributed by atoms with E-state index in [4.69, 9.17) is 10.2 Å². The highest BCUT2D eigenvalue weighted by Gasteiger charge is 2.33. The summed E-state index contributed by atoms with van der Waals surface area (Å²) in [5.74, 6) is -0.133. The molecule has 0 saturated heterocycles. The highest BCUT2D eigenvalue weighted by molar-refractivity contribution is 7.95. The van der Waals surface area contributed by atoms with E-state index in [1.807, 2.05) is 18.2 Å². The quantitative estimate of drug-likeness (QED) is 0.590. The van der Waals surface area contributed by atoms with Crippen molar-refractivity contribution in [1.82, 2.24) is 0 Å². The number of carbonyl (C=O) groups is 1. The lowest BCUT2D eigenvalue weighted by molar-refractivity contribution is 0.256. The van der Waals surface area contributed by atoms with Gasteiger partial charge >= 0.3 is 6.03 Å². The number of sulfonamides is 1. The van der Waals surface area contributed by atoms with E-state index in [1.54, 1.807) is 30.3 Å². The van der Waals surface area contributed by atoms with E-state index < -0.39 is 16.1 Å². The molecule has 0 saturated carbocycles. The number of urea groups is 1. The maximum atomic E-state index is 13.0. The van der Waals surface area contributed by atoms with Crippen LogP contribution in [0.2, 0.25) is 0 Å². The molecule has 4 rings (SSSR count). The molecule has 25 heavy (non-hydrogen) atoms. The van der Waals surface area contributed by atoms with Gasteiger partial charge in [0.1, 0.15) is 9.79 Å². The third-order valence-corrected chi connectivity index (χ3v) is 6.97. The summed E-state index contributed by atoms with van der Waals surface area (Å²) in [5, 5.41) is 1.45. The maximum absolute atomic E-state index is 13.0. The molecular formula is C17H12N2O4S2. The largest absolute Gasteiger partial charge is 0.439 e.